The third-order valence-electron chi connectivity index (χ3n) is 4.31. The zero-order valence-electron chi connectivity index (χ0n) is 13.5. The molecule has 20 heavy (non-hydrogen) atoms. The van der Waals surface area contributed by atoms with Gasteiger partial charge in [-0.1, -0.05) is 51.1 Å². The first-order chi connectivity index (χ1) is 9.51. The molecule has 2 rings (SSSR count). The molecule has 112 valence electrons. The predicted molar refractivity (Wildman–Crippen MR) is 87.2 cm³/mol. The Balaban J connectivity index is 2.05. The molecule has 1 fully saturated rings. The van der Waals surface area contributed by atoms with Gasteiger partial charge >= 0.3 is 0 Å². The summed E-state index contributed by atoms with van der Waals surface area (Å²) in [5.41, 5.74) is 1.64. The molecule has 1 N–H and O–H groups in total. The minimum Gasteiger partial charge on any atom is -0.316 e. The van der Waals surface area contributed by atoms with Crippen LogP contribution in [0.2, 0.25) is 0 Å². The number of benzene rings is 1. The van der Waals surface area contributed by atoms with Gasteiger partial charge in [-0.15, -0.1) is 0 Å². The van der Waals surface area contributed by atoms with E-state index in [-0.39, 0.29) is 5.41 Å². The molecule has 1 unspecified atom stereocenters. The van der Waals surface area contributed by atoms with Crippen LogP contribution in [0.1, 0.15) is 39.2 Å². The number of hydrogen-bond donors (Lipinski definition) is 1. The van der Waals surface area contributed by atoms with E-state index in [1.54, 1.807) is 0 Å². The summed E-state index contributed by atoms with van der Waals surface area (Å²) in [6.45, 7) is 10.2. The van der Waals surface area contributed by atoms with E-state index in [4.69, 9.17) is 0 Å². The molecule has 0 radical (unpaired) electrons. The van der Waals surface area contributed by atoms with Crippen LogP contribution in [0.25, 0.3) is 0 Å². The second-order valence-corrected chi connectivity index (χ2v) is 7.10. The third-order valence-corrected chi connectivity index (χ3v) is 4.31. The molecule has 0 aromatic heterocycles. The molecule has 1 aromatic carbocycles. The Morgan fingerprint density at radius 3 is 2.45 bits per heavy atom. The lowest BCUT2D eigenvalue weighted by Gasteiger charge is -2.35. The fourth-order valence-corrected chi connectivity index (χ4v) is 2.92. The fourth-order valence-electron chi connectivity index (χ4n) is 2.92. The third kappa shape index (κ3) is 4.32. The molecule has 1 aliphatic carbocycles. The summed E-state index contributed by atoms with van der Waals surface area (Å²) >= 11 is 0. The first kappa shape index (κ1) is 15.5. The highest BCUT2D eigenvalue weighted by molar-refractivity contribution is 5.26. The largest absolute Gasteiger partial charge is 0.316 e. The van der Waals surface area contributed by atoms with Crippen LogP contribution < -0.4 is 5.32 Å². The monoisotopic (exact) mass is 274 g/mol. The maximum Gasteiger partial charge on any atom is 0.0177 e. The highest BCUT2D eigenvalue weighted by Crippen LogP contribution is 2.30. The van der Waals surface area contributed by atoms with Crippen molar-refractivity contribution < 1.29 is 0 Å². The van der Waals surface area contributed by atoms with Gasteiger partial charge in [0, 0.05) is 24.5 Å². The van der Waals surface area contributed by atoms with Gasteiger partial charge in [0.2, 0.25) is 0 Å². The van der Waals surface area contributed by atoms with Gasteiger partial charge in [0.1, 0.15) is 0 Å². The molecule has 0 aliphatic heterocycles. The number of likely N-dealkylation sites (N-methyl/N-ethyl adjacent to an activating group) is 1. The molecule has 0 saturated heterocycles. The molecule has 2 nitrogen and oxygen atoms in total. The normalized spacial score (nSPS) is 18.5. The van der Waals surface area contributed by atoms with E-state index in [0.29, 0.717) is 5.92 Å². The lowest BCUT2D eigenvalue weighted by atomic mass is 9.81. The molecular formula is C18H30N2. The Hall–Kier alpha value is -0.860. The van der Waals surface area contributed by atoms with Crippen molar-refractivity contribution in [3.05, 3.63) is 35.9 Å². The zero-order valence-corrected chi connectivity index (χ0v) is 13.5. The zero-order chi connectivity index (χ0) is 14.6. The van der Waals surface area contributed by atoms with Crippen LogP contribution in [0.3, 0.4) is 0 Å². The van der Waals surface area contributed by atoms with Crippen LogP contribution >= 0.6 is 0 Å². The molecule has 1 atom stereocenters. The predicted octanol–water partition coefficient (Wildman–Crippen LogP) is 3.28. The van der Waals surface area contributed by atoms with Crippen LogP contribution in [0.4, 0.5) is 0 Å². The van der Waals surface area contributed by atoms with Gasteiger partial charge in [0.15, 0.2) is 0 Å². The molecule has 0 amide bonds. The van der Waals surface area contributed by atoms with Gasteiger partial charge < -0.3 is 10.2 Å². The minimum absolute atomic E-state index is 0.188. The summed E-state index contributed by atoms with van der Waals surface area (Å²) in [4.78, 5) is 2.55. The molecule has 1 saturated carbocycles. The van der Waals surface area contributed by atoms with Gasteiger partial charge in [-0.2, -0.15) is 0 Å². The van der Waals surface area contributed by atoms with E-state index in [0.717, 1.165) is 25.7 Å². The van der Waals surface area contributed by atoms with Crippen LogP contribution in [-0.2, 0) is 5.41 Å². The van der Waals surface area contributed by atoms with Crippen molar-refractivity contribution in [2.24, 2.45) is 5.92 Å². The van der Waals surface area contributed by atoms with E-state index >= 15 is 0 Å². The van der Waals surface area contributed by atoms with Crippen LogP contribution in [0, 0.1) is 5.92 Å². The van der Waals surface area contributed by atoms with E-state index in [9.17, 15) is 0 Å². The quantitative estimate of drug-likeness (QED) is 0.782. The Morgan fingerprint density at radius 2 is 1.90 bits per heavy atom. The van der Waals surface area contributed by atoms with Crippen molar-refractivity contribution in [2.45, 2.75) is 45.1 Å². The summed E-state index contributed by atoms with van der Waals surface area (Å²) in [7, 11) is 2.28. The second kappa shape index (κ2) is 6.73. The second-order valence-electron chi connectivity index (χ2n) is 7.10. The molecule has 2 heteroatoms. The number of rotatable bonds is 8. The van der Waals surface area contributed by atoms with Gasteiger partial charge in [-0.3, -0.25) is 0 Å². The smallest absolute Gasteiger partial charge is 0.0177 e. The topological polar surface area (TPSA) is 15.3 Å². The Kier molecular flexibility index (Phi) is 5.22. The van der Waals surface area contributed by atoms with Crippen LogP contribution in [-0.4, -0.2) is 37.6 Å². The van der Waals surface area contributed by atoms with Crippen molar-refractivity contribution in [3.63, 3.8) is 0 Å². The number of nitrogens with zero attached hydrogens (tertiary/aromatic N) is 1. The van der Waals surface area contributed by atoms with E-state index in [1.807, 2.05) is 0 Å². The van der Waals surface area contributed by atoms with Gasteiger partial charge in [-0.25, -0.2) is 0 Å². The van der Waals surface area contributed by atoms with E-state index in [1.165, 1.54) is 18.4 Å². The molecule has 0 bridgehead atoms. The Labute approximate surface area is 124 Å². The number of hydrogen-bond acceptors (Lipinski definition) is 2. The minimum atomic E-state index is 0.188. The summed E-state index contributed by atoms with van der Waals surface area (Å²) in [5.74, 6) is 0.705. The van der Waals surface area contributed by atoms with E-state index in [2.05, 4.69) is 68.4 Å². The van der Waals surface area contributed by atoms with E-state index < -0.39 is 0 Å². The van der Waals surface area contributed by atoms with Crippen LogP contribution in [0.5, 0.6) is 0 Å². The molecular weight excluding hydrogens is 244 g/mol. The van der Waals surface area contributed by atoms with Crippen molar-refractivity contribution in [2.75, 3.05) is 26.7 Å². The molecule has 1 aliphatic rings. The summed E-state index contributed by atoms with van der Waals surface area (Å²) < 4.78 is 0. The maximum absolute atomic E-state index is 3.66. The highest BCUT2D eigenvalue weighted by Gasteiger charge is 2.33. The number of nitrogens with one attached hydrogen (secondary N) is 1. The average Bonchev–Trinajstić information content (AvgIpc) is 3.23. The SMILES string of the molecule is CC(C)CNCC(C)(CN(C)C1CC1)c1ccccc1. The maximum atomic E-state index is 3.66. The standard InChI is InChI=1S/C18H30N2/c1-15(2)12-19-13-18(3,14-20(4)17-10-11-17)16-8-6-5-7-9-16/h5-9,15,17,19H,10-14H2,1-4H3. The Bertz CT molecular complexity index is 397. The van der Waals surface area contributed by atoms with Crippen molar-refractivity contribution >= 4 is 0 Å². The van der Waals surface area contributed by atoms with Gasteiger partial charge in [0.25, 0.3) is 0 Å². The summed E-state index contributed by atoms with van der Waals surface area (Å²) in [6, 6.07) is 11.8. The van der Waals surface area contributed by atoms with Crippen molar-refractivity contribution in [3.8, 4) is 0 Å². The molecule has 1 aromatic rings. The van der Waals surface area contributed by atoms with Gasteiger partial charge in [-0.05, 0) is 37.9 Å². The van der Waals surface area contributed by atoms with Gasteiger partial charge in [0.05, 0.1) is 0 Å². The first-order valence-electron chi connectivity index (χ1n) is 7.98. The fraction of sp³-hybridized carbons (Fsp3) is 0.667. The molecule has 0 heterocycles. The first-order valence-corrected chi connectivity index (χ1v) is 7.98. The lowest BCUT2D eigenvalue weighted by Crippen LogP contribution is -2.45. The van der Waals surface area contributed by atoms with Crippen molar-refractivity contribution in [1.29, 1.82) is 0 Å². The van der Waals surface area contributed by atoms with Crippen LogP contribution in [0.15, 0.2) is 30.3 Å². The molecule has 0 spiro atoms. The average molecular weight is 274 g/mol. The Morgan fingerprint density at radius 1 is 1.25 bits per heavy atom. The lowest BCUT2D eigenvalue weighted by molar-refractivity contribution is 0.240. The summed E-state index contributed by atoms with van der Waals surface area (Å²) in [5, 5.41) is 3.66. The highest BCUT2D eigenvalue weighted by atomic mass is 15.2. The summed E-state index contributed by atoms with van der Waals surface area (Å²) in [6.07, 6.45) is 2.75. The van der Waals surface area contributed by atoms with Crippen molar-refractivity contribution in [1.82, 2.24) is 10.2 Å².